The second-order valence-electron chi connectivity index (χ2n) is 7.86. The molecular formula is C23H28N4O4S. The summed E-state index contributed by atoms with van der Waals surface area (Å²) in [6.45, 7) is 8.15. The summed E-state index contributed by atoms with van der Waals surface area (Å²) >= 11 is 1.36. The number of hydrogen-bond acceptors (Lipinski definition) is 7. The molecule has 4 rings (SSSR count). The zero-order valence-electron chi connectivity index (χ0n) is 18.5. The number of thioether (sulfide) groups is 1. The second kappa shape index (κ2) is 10.1. The highest BCUT2D eigenvalue weighted by Crippen LogP contribution is 2.34. The van der Waals surface area contributed by atoms with E-state index in [1.807, 2.05) is 41.8 Å². The lowest BCUT2D eigenvalue weighted by atomic mass is 9.95. The quantitative estimate of drug-likeness (QED) is 0.505. The number of carbonyl (C=O) groups is 1. The van der Waals surface area contributed by atoms with Gasteiger partial charge in [-0.25, -0.2) is 0 Å². The Labute approximate surface area is 191 Å². The molecule has 0 radical (unpaired) electrons. The molecule has 3 heterocycles. The van der Waals surface area contributed by atoms with Crippen LogP contribution >= 0.6 is 11.8 Å². The van der Waals surface area contributed by atoms with Crippen LogP contribution in [0.3, 0.4) is 0 Å². The maximum atomic E-state index is 12.8. The minimum absolute atomic E-state index is 0.0639. The largest absolute Gasteiger partial charge is 0.490 e. The first-order chi connectivity index (χ1) is 15.6. The lowest BCUT2D eigenvalue weighted by Gasteiger charge is -2.24. The summed E-state index contributed by atoms with van der Waals surface area (Å²) in [4.78, 5) is 12.8. The first-order valence-corrected chi connectivity index (χ1v) is 11.8. The zero-order chi connectivity index (χ0) is 22.5. The summed E-state index contributed by atoms with van der Waals surface area (Å²) in [5, 5.41) is 12.3. The molecule has 0 spiro atoms. The van der Waals surface area contributed by atoms with E-state index in [0.29, 0.717) is 36.5 Å². The standard InChI is InChI=1S/C23H28N4O4S/c1-4-27-22(18-7-5-10-30-18)25-26-23(27)32-14-20(28)24-21(15(2)3)16-8-9-17-19(13-16)31-12-6-11-29-17/h5,7-10,13,15,21H,4,6,11-12,14H2,1-3H3,(H,24,28). The van der Waals surface area contributed by atoms with E-state index >= 15 is 0 Å². The van der Waals surface area contributed by atoms with Crippen molar-refractivity contribution in [1.82, 2.24) is 20.1 Å². The van der Waals surface area contributed by atoms with Gasteiger partial charge in [-0.05, 0) is 42.7 Å². The molecule has 1 aliphatic rings. The summed E-state index contributed by atoms with van der Waals surface area (Å²) in [6, 6.07) is 9.42. The van der Waals surface area contributed by atoms with Gasteiger partial charge in [0.1, 0.15) is 0 Å². The Morgan fingerprint density at radius 2 is 2.00 bits per heavy atom. The zero-order valence-corrected chi connectivity index (χ0v) is 19.4. The van der Waals surface area contributed by atoms with Crippen LogP contribution in [-0.2, 0) is 11.3 Å². The Bertz CT molecular complexity index is 1050. The van der Waals surface area contributed by atoms with Gasteiger partial charge in [0.25, 0.3) is 0 Å². The van der Waals surface area contributed by atoms with Crippen molar-refractivity contribution < 1.29 is 18.7 Å². The number of rotatable bonds is 8. The molecule has 0 fully saturated rings. The lowest BCUT2D eigenvalue weighted by molar-refractivity contribution is -0.119. The number of nitrogens with zero attached hydrogens (tertiary/aromatic N) is 3. The smallest absolute Gasteiger partial charge is 0.230 e. The number of ether oxygens (including phenoxy) is 2. The Morgan fingerprint density at radius 1 is 1.19 bits per heavy atom. The van der Waals surface area contributed by atoms with Crippen LogP contribution in [-0.4, -0.2) is 39.6 Å². The number of aromatic nitrogens is 3. The average Bonchev–Trinajstić information content (AvgIpc) is 3.40. The van der Waals surface area contributed by atoms with Crippen molar-refractivity contribution in [2.45, 2.75) is 44.9 Å². The summed E-state index contributed by atoms with van der Waals surface area (Å²) in [5.74, 6) is 3.18. The third kappa shape index (κ3) is 4.93. The molecule has 1 aliphatic heterocycles. The second-order valence-corrected chi connectivity index (χ2v) is 8.80. The molecule has 0 aliphatic carbocycles. The molecule has 1 aromatic carbocycles. The molecule has 0 saturated heterocycles. The van der Waals surface area contributed by atoms with Gasteiger partial charge in [0.05, 0.1) is 31.3 Å². The molecule has 9 heteroatoms. The summed E-state index contributed by atoms with van der Waals surface area (Å²) in [6.07, 6.45) is 2.46. The monoisotopic (exact) mass is 456 g/mol. The van der Waals surface area contributed by atoms with Gasteiger partial charge in [0.2, 0.25) is 5.91 Å². The Balaban J connectivity index is 1.43. The number of nitrogens with one attached hydrogen (secondary N) is 1. The van der Waals surface area contributed by atoms with Gasteiger partial charge in [-0.15, -0.1) is 10.2 Å². The molecular weight excluding hydrogens is 428 g/mol. The fourth-order valence-corrected chi connectivity index (χ4v) is 4.44. The van der Waals surface area contributed by atoms with Crippen molar-refractivity contribution in [2.75, 3.05) is 19.0 Å². The fraction of sp³-hybridized carbons (Fsp3) is 0.435. The van der Waals surface area contributed by atoms with Crippen LogP contribution in [0.4, 0.5) is 0 Å². The van der Waals surface area contributed by atoms with Gasteiger partial charge >= 0.3 is 0 Å². The van der Waals surface area contributed by atoms with Crippen molar-refractivity contribution in [3.63, 3.8) is 0 Å². The van der Waals surface area contributed by atoms with Crippen molar-refractivity contribution in [3.8, 4) is 23.1 Å². The van der Waals surface area contributed by atoms with Gasteiger partial charge in [0.15, 0.2) is 28.2 Å². The minimum Gasteiger partial charge on any atom is -0.490 e. The normalized spacial score (nSPS) is 14.2. The van der Waals surface area contributed by atoms with Crippen LogP contribution < -0.4 is 14.8 Å². The molecule has 2 aromatic heterocycles. The predicted octanol–water partition coefficient (Wildman–Crippen LogP) is 4.32. The predicted molar refractivity (Wildman–Crippen MR) is 122 cm³/mol. The van der Waals surface area contributed by atoms with E-state index in [-0.39, 0.29) is 23.6 Å². The molecule has 8 nitrogen and oxygen atoms in total. The van der Waals surface area contributed by atoms with E-state index in [0.717, 1.165) is 23.5 Å². The third-order valence-electron chi connectivity index (χ3n) is 5.22. The fourth-order valence-electron chi connectivity index (χ4n) is 3.62. The van der Waals surface area contributed by atoms with E-state index in [9.17, 15) is 4.79 Å². The molecule has 1 N–H and O–H groups in total. The van der Waals surface area contributed by atoms with Crippen molar-refractivity contribution in [3.05, 3.63) is 42.2 Å². The van der Waals surface area contributed by atoms with Crippen LogP contribution in [0.25, 0.3) is 11.6 Å². The van der Waals surface area contributed by atoms with Gasteiger partial charge in [-0.1, -0.05) is 31.7 Å². The summed E-state index contributed by atoms with van der Waals surface area (Å²) < 4.78 is 18.9. The molecule has 0 bridgehead atoms. The van der Waals surface area contributed by atoms with Crippen LogP contribution in [0.1, 0.15) is 38.8 Å². The van der Waals surface area contributed by atoms with Gasteiger partial charge < -0.3 is 19.2 Å². The average molecular weight is 457 g/mol. The van der Waals surface area contributed by atoms with Gasteiger partial charge in [0, 0.05) is 13.0 Å². The molecule has 170 valence electrons. The number of hydrogen-bond donors (Lipinski definition) is 1. The molecule has 1 amide bonds. The first kappa shape index (κ1) is 22.3. The molecule has 1 atom stereocenters. The first-order valence-electron chi connectivity index (χ1n) is 10.9. The van der Waals surface area contributed by atoms with E-state index in [2.05, 4.69) is 29.4 Å². The highest BCUT2D eigenvalue weighted by molar-refractivity contribution is 7.99. The highest BCUT2D eigenvalue weighted by Gasteiger charge is 2.22. The van der Waals surface area contributed by atoms with Crippen LogP contribution in [0, 0.1) is 5.92 Å². The maximum absolute atomic E-state index is 12.8. The topological polar surface area (TPSA) is 91.4 Å². The number of furan rings is 1. The lowest BCUT2D eigenvalue weighted by Crippen LogP contribution is -2.33. The van der Waals surface area contributed by atoms with Crippen molar-refractivity contribution in [2.24, 2.45) is 5.92 Å². The summed E-state index contributed by atoms with van der Waals surface area (Å²) in [7, 11) is 0. The Hall–Kier alpha value is -2.94. The van der Waals surface area contributed by atoms with Crippen molar-refractivity contribution >= 4 is 17.7 Å². The number of amides is 1. The Morgan fingerprint density at radius 3 is 2.72 bits per heavy atom. The third-order valence-corrected chi connectivity index (χ3v) is 6.19. The molecule has 0 saturated carbocycles. The maximum Gasteiger partial charge on any atom is 0.230 e. The van der Waals surface area contributed by atoms with Crippen molar-refractivity contribution in [1.29, 1.82) is 0 Å². The van der Waals surface area contributed by atoms with E-state index in [1.54, 1.807) is 6.26 Å². The van der Waals surface area contributed by atoms with E-state index in [1.165, 1.54) is 11.8 Å². The van der Waals surface area contributed by atoms with Crippen LogP contribution in [0.5, 0.6) is 11.5 Å². The molecule has 1 unspecified atom stereocenters. The van der Waals surface area contributed by atoms with Gasteiger partial charge in [-0.2, -0.15) is 0 Å². The number of benzene rings is 1. The summed E-state index contributed by atoms with van der Waals surface area (Å²) in [5.41, 5.74) is 0.999. The Kier molecular flexibility index (Phi) is 7.04. The van der Waals surface area contributed by atoms with Crippen LogP contribution in [0.15, 0.2) is 46.2 Å². The van der Waals surface area contributed by atoms with Crippen LogP contribution in [0.2, 0.25) is 0 Å². The molecule has 3 aromatic rings. The van der Waals surface area contributed by atoms with E-state index in [4.69, 9.17) is 13.9 Å². The van der Waals surface area contributed by atoms with Gasteiger partial charge in [-0.3, -0.25) is 9.36 Å². The molecule has 32 heavy (non-hydrogen) atoms. The number of fused-ring (bicyclic) bond motifs is 1. The highest BCUT2D eigenvalue weighted by atomic mass is 32.2. The van der Waals surface area contributed by atoms with E-state index < -0.39 is 0 Å². The SMILES string of the molecule is CCn1c(SCC(=O)NC(c2ccc3c(c2)OCCCO3)C(C)C)nnc1-c1ccco1. The number of carbonyl (C=O) groups excluding carboxylic acids is 1. The minimum atomic E-state index is -0.136.